The van der Waals surface area contributed by atoms with Gasteiger partial charge in [0.15, 0.2) is 0 Å². The molecule has 1 fully saturated rings. The van der Waals surface area contributed by atoms with Crippen molar-refractivity contribution in [2.75, 3.05) is 6.54 Å². The van der Waals surface area contributed by atoms with Gasteiger partial charge in [0.2, 0.25) is 10.0 Å². The number of nitrogens with zero attached hydrogens (tertiary/aromatic N) is 1. The highest BCUT2D eigenvalue weighted by molar-refractivity contribution is 7.89. The first kappa shape index (κ1) is 17.8. The molecule has 0 N–H and O–H groups in total. The SMILES string of the molecule is O=S(=O)(c1ccccc1OC(F)(F)F)N1CCC[C@@H]1c1ccccc1. The predicted octanol–water partition coefficient (Wildman–Crippen LogP) is 4.11. The van der Waals surface area contributed by atoms with Crippen LogP contribution in [-0.2, 0) is 10.0 Å². The molecule has 1 aliphatic heterocycles. The molecule has 1 atom stereocenters. The van der Waals surface area contributed by atoms with E-state index in [4.69, 9.17) is 0 Å². The van der Waals surface area contributed by atoms with Gasteiger partial charge in [-0.3, -0.25) is 0 Å². The number of para-hydroxylation sites is 1. The van der Waals surface area contributed by atoms with Crippen molar-refractivity contribution in [1.29, 1.82) is 0 Å². The average molecular weight is 371 g/mol. The fourth-order valence-electron chi connectivity index (χ4n) is 3.03. The number of ether oxygens (including phenoxy) is 1. The highest BCUT2D eigenvalue weighted by atomic mass is 32.2. The van der Waals surface area contributed by atoms with E-state index in [0.717, 1.165) is 17.7 Å². The van der Waals surface area contributed by atoms with Crippen molar-refractivity contribution in [2.45, 2.75) is 30.1 Å². The van der Waals surface area contributed by atoms with Crippen molar-refractivity contribution in [2.24, 2.45) is 0 Å². The highest BCUT2D eigenvalue weighted by Crippen LogP contribution is 2.39. The lowest BCUT2D eigenvalue weighted by Gasteiger charge is -2.25. The average Bonchev–Trinajstić information content (AvgIpc) is 3.05. The summed E-state index contributed by atoms with van der Waals surface area (Å²) in [6.45, 7) is 0.252. The molecule has 0 spiro atoms. The second-order valence-corrected chi connectivity index (χ2v) is 7.54. The van der Waals surface area contributed by atoms with E-state index in [9.17, 15) is 21.6 Å². The normalized spacial score (nSPS) is 19.1. The molecule has 25 heavy (non-hydrogen) atoms. The standard InChI is InChI=1S/C17H16F3NO3S/c18-17(19,20)24-15-10-4-5-11-16(15)25(22,23)21-12-6-9-14(21)13-7-2-1-3-8-13/h1-5,7-8,10-11,14H,6,9,12H2/t14-/m1/s1. The van der Waals surface area contributed by atoms with Crippen molar-refractivity contribution < 1.29 is 26.3 Å². The predicted molar refractivity (Wildman–Crippen MR) is 85.4 cm³/mol. The van der Waals surface area contributed by atoms with Crippen LogP contribution in [0.3, 0.4) is 0 Å². The van der Waals surface area contributed by atoms with Gasteiger partial charge in [0.25, 0.3) is 0 Å². The Morgan fingerprint density at radius 3 is 2.32 bits per heavy atom. The molecule has 2 aromatic carbocycles. The van der Waals surface area contributed by atoms with Crippen molar-refractivity contribution in [3.63, 3.8) is 0 Å². The Bertz CT molecular complexity index is 838. The molecular formula is C17H16F3NO3S. The summed E-state index contributed by atoms with van der Waals surface area (Å²) >= 11 is 0. The van der Waals surface area contributed by atoms with Crippen LogP contribution in [0.4, 0.5) is 13.2 Å². The maximum atomic E-state index is 13.0. The number of benzene rings is 2. The van der Waals surface area contributed by atoms with Gasteiger partial charge in [0, 0.05) is 6.54 Å². The molecule has 0 radical (unpaired) electrons. The molecule has 0 saturated carbocycles. The lowest BCUT2D eigenvalue weighted by atomic mass is 10.1. The van der Waals surface area contributed by atoms with Crippen LogP contribution in [0.5, 0.6) is 5.75 Å². The Kier molecular flexibility index (Phi) is 4.75. The number of hydrogen-bond donors (Lipinski definition) is 0. The second kappa shape index (κ2) is 6.68. The summed E-state index contributed by atoms with van der Waals surface area (Å²) < 4.78 is 69.0. The Labute approximate surface area is 143 Å². The lowest BCUT2D eigenvalue weighted by Crippen LogP contribution is -2.31. The largest absolute Gasteiger partial charge is 0.573 e. The van der Waals surface area contributed by atoms with E-state index in [1.807, 2.05) is 18.2 Å². The molecule has 0 aliphatic carbocycles. The van der Waals surface area contributed by atoms with Crippen LogP contribution in [0.1, 0.15) is 24.4 Å². The minimum Gasteiger partial charge on any atom is -0.404 e. The van der Waals surface area contributed by atoms with E-state index in [0.29, 0.717) is 12.8 Å². The van der Waals surface area contributed by atoms with Crippen molar-refractivity contribution >= 4 is 10.0 Å². The van der Waals surface area contributed by atoms with Gasteiger partial charge in [-0.1, -0.05) is 42.5 Å². The second-order valence-electron chi connectivity index (χ2n) is 5.68. The van der Waals surface area contributed by atoms with Crippen LogP contribution < -0.4 is 4.74 Å². The third-order valence-corrected chi connectivity index (χ3v) is 6.00. The summed E-state index contributed by atoms with van der Waals surface area (Å²) in [4.78, 5) is -0.477. The zero-order chi connectivity index (χ0) is 18.1. The third kappa shape index (κ3) is 3.80. The molecule has 0 unspecified atom stereocenters. The van der Waals surface area contributed by atoms with Gasteiger partial charge in [-0.2, -0.15) is 4.31 Å². The van der Waals surface area contributed by atoms with E-state index >= 15 is 0 Å². The van der Waals surface area contributed by atoms with Gasteiger partial charge in [0.1, 0.15) is 10.6 Å². The van der Waals surface area contributed by atoms with E-state index in [2.05, 4.69) is 4.74 Å². The van der Waals surface area contributed by atoms with Gasteiger partial charge in [-0.15, -0.1) is 13.2 Å². The lowest BCUT2D eigenvalue weighted by molar-refractivity contribution is -0.275. The summed E-state index contributed by atoms with van der Waals surface area (Å²) in [6, 6.07) is 13.5. The van der Waals surface area contributed by atoms with Gasteiger partial charge in [-0.05, 0) is 30.5 Å². The van der Waals surface area contributed by atoms with Gasteiger partial charge < -0.3 is 4.74 Å². The van der Waals surface area contributed by atoms with Gasteiger partial charge >= 0.3 is 6.36 Å². The third-order valence-electron chi connectivity index (χ3n) is 4.05. The molecule has 2 aromatic rings. The Hall–Kier alpha value is -2.06. The van der Waals surface area contributed by atoms with Crippen LogP contribution in [0.25, 0.3) is 0 Å². The van der Waals surface area contributed by atoms with Gasteiger partial charge in [0.05, 0.1) is 6.04 Å². The van der Waals surface area contributed by atoms with Crippen LogP contribution in [0.15, 0.2) is 59.5 Å². The zero-order valence-corrected chi connectivity index (χ0v) is 13.9. The number of sulfonamides is 1. The molecule has 134 valence electrons. The number of alkyl halides is 3. The Morgan fingerprint density at radius 2 is 1.64 bits per heavy atom. The molecule has 1 saturated heterocycles. The summed E-state index contributed by atoms with van der Waals surface area (Å²) in [7, 11) is -4.13. The minimum atomic E-state index is -4.96. The molecule has 0 bridgehead atoms. The molecular weight excluding hydrogens is 355 g/mol. The van der Waals surface area contributed by atoms with Crippen molar-refractivity contribution in [3.05, 3.63) is 60.2 Å². The van der Waals surface area contributed by atoms with Crippen molar-refractivity contribution in [3.8, 4) is 5.75 Å². The van der Waals surface area contributed by atoms with Gasteiger partial charge in [-0.25, -0.2) is 8.42 Å². The minimum absolute atomic E-state index is 0.252. The molecule has 8 heteroatoms. The molecule has 0 amide bonds. The number of halogens is 3. The summed E-state index contributed by atoms with van der Waals surface area (Å²) in [6.07, 6.45) is -3.71. The topological polar surface area (TPSA) is 46.6 Å². The molecule has 1 aliphatic rings. The maximum Gasteiger partial charge on any atom is 0.573 e. The summed E-state index contributed by atoms with van der Waals surface area (Å²) in [5, 5.41) is 0. The first-order chi connectivity index (χ1) is 11.8. The monoisotopic (exact) mass is 371 g/mol. The van der Waals surface area contributed by atoms with E-state index in [-0.39, 0.29) is 6.54 Å². The molecule has 1 heterocycles. The summed E-state index contributed by atoms with van der Waals surface area (Å²) in [5.74, 6) is -0.714. The zero-order valence-electron chi connectivity index (χ0n) is 13.1. The quantitative estimate of drug-likeness (QED) is 0.813. The Balaban J connectivity index is 1.99. The number of hydrogen-bond acceptors (Lipinski definition) is 3. The number of rotatable bonds is 4. The molecule has 4 nitrogen and oxygen atoms in total. The maximum absolute atomic E-state index is 13.0. The van der Waals surface area contributed by atoms with Crippen LogP contribution in [0, 0.1) is 0 Å². The first-order valence-electron chi connectivity index (χ1n) is 7.70. The van der Waals surface area contributed by atoms with E-state index in [1.165, 1.54) is 16.4 Å². The fraction of sp³-hybridized carbons (Fsp3) is 0.294. The van der Waals surface area contributed by atoms with Crippen LogP contribution in [-0.4, -0.2) is 25.6 Å². The van der Waals surface area contributed by atoms with Crippen LogP contribution in [0.2, 0.25) is 0 Å². The van der Waals surface area contributed by atoms with E-state index < -0.39 is 33.1 Å². The van der Waals surface area contributed by atoms with Crippen molar-refractivity contribution in [1.82, 2.24) is 4.31 Å². The smallest absolute Gasteiger partial charge is 0.404 e. The highest BCUT2D eigenvalue weighted by Gasteiger charge is 2.39. The van der Waals surface area contributed by atoms with E-state index in [1.54, 1.807) is 12.1 Å². The summed E-state index contributed by atoms with van der Waals surface area (Å²) in [5.41, 5.74) is 0.817. The molecule has 0 aromatic heterocycles. The molecule has 3 rings (SSSR count). The van der Waals surface area contributed by atoms with Crippen LogP contribution >= 0.6 is 0 Å². The first-order valence-corrected chi connectivity index (χ1v) is 9.14. The Morgan fingerprint density at radius 1 is 1.00 bits per heavy atom. The fourth-order valence-corrected chi connectivity index (χ4v) is 4.83.